The van der Waals surface area contributed by atoms with Crippen molar-refractivity contribution in [3.05, 3.63) is 59.4 Å². The van der Waals surface area contributed by atoms with E-state index in [1.807, 2.05) is 49.5 Å². The van der Waals surface area contributed by atoms with Crippen LogP contribution >= 0.6 is 0 Å². The van der Waals surface area contributed by atoms with Crippen LogP contribution in [-0.2, 0) is 0 Å². The Morgan fingerprint density at radius 1 is 1.28 bits per heavy atom. The van der Waals surface area contributed by atoms with Gasteiger partial charge in [-0.05, 0) is 43.7 Å². The highest BCUT2D eigenvalue weighted by atomic mass is 14.9. The fourth-order valence-corrected chi connectivity index (χ4v) is 1.76. The molecule has 2 rings (SSSR count). The largest absolute Gasteiger partial charge is 0.377 e. The van der Waals surface area contributed by atoms with Crippen LogP contribution in [0.25, 0.3) is 0 Å². The van der Waals surface area contributed by atoms with Gasteiger partial charge < -0.3 is 5.32 Å². The maximum atomic E-state index is 8.88. The van der Waals surface area contributed by atoms with Gasteiger partial charge in [-0.15, -0.1) is 0 Å². The molecule has 0 fully saturated rings. The number of nitrogens with one attached hydrogen (secondary N) is 1. The molecule has 1 unspecified atom stereocenters. The molecule has 1 heterocycles. The summed E-state index contributed by atoms with van der Waals surface area (Å²) in [5.74, 6) is 0. The van der Waals surface area contributed by atoms with Crippen LogP contribution in [0, 0.1) is 18.3 Å². The highest BCUT2D eigenvalue weighted by Gasteiger charge is 2.06. The molecule has 0 aliphatic heterocycles. The molecule has 0 aliphatic carbocycles. The van der Waals surface area contributed by atoms with Gasteiger partial charge in [0, 0.05) is 11.7 Å². The van der Waals surface area contributed by atoms with Crippen molar-refractivity contribution in [1.82, 2.24) is 4.98 Å². The van der Waals surface area contributed by atoms with Crippen molar-refractivity contribution in [2.75, 3.05) is 5.32 Å². The van der Waals surface area contributed by atoms with Crippen LogP contribution in [0.15, 0.2) is 42.6 Å². The lowest BCUT2D eigenvalue weighted by molar-refractivity contribution is 0.881. The van der Waals surface area contributed by atoms with Gasteiger partial charge in [0.1, 0.15) is 0 Å². The zero-order chi connectivity index (χ0) is 13.0. The molecule has 0 aliphatic rings. The molecule has 3 heteroatoms. The second-order valence-corrected chi connectivity index (χ2v) is 4.29. The monoisotopic (exact) mass is 237 g/mol. The van der Waals surface area contributed by atoms with Crippen LogP contribution in [-0.4, -0.2) is 4.98 Å². The average molecular weight is 237 g/mol. The van der Waals surface area contributed by atoms with E-state index in [0.717, 1.165) is 16.9 Å². The van der Waals surface area contributed by atoms with E-state index >= 15 is 0 Å². The fraction of sp³-hybridized carbons (Fsp3) is 0.200. The molecule has 1 N–H and O–H groups in total. The molecule has 1 aromatic heterocycles. The van der Waals surface area contributed by atoms with E-state index in [2.05, 4.69) is 23.3 Å². The zero-order valence-corrected chi connectivity index (χ0v) is 10.5. The molecule has 1 aromatic carbocycles. The van der Waals surface area contributed by atoms with Gasteiger partial charge >= 0.3 is 0 Å². The van der Waals surface area contributed by atoms with Crippen molar-refractivity contribution in [2.45, 2.75) is 19.9 Å². The van der Waals surface area contributed by atoms with Crippen LogP contribution < -0.4 is 5.32 Å². The smallest absolute Gasteiger partial charge is 0.0991 e. The van der Waals surface area contributed by atoms with Gasteiger partial charge in [-0.1, -0.05) is 12.1 Å². The number of hydrogen-bond donors (Lipinski definition) is 1. The lowest BCUT2D eigenvalue weighted by Crippen LogP contribution is -2.07. The van der Waals surface area contributed by atoms with E-state index in [1.54, 1.807) is 0 Å². The third-order valence-electron chi connectivity index (χ3n) is 2.81. The Hall–Kier alpha value is -2.34. The summed E-state index contributed by atoms with van der Waals surface area (Å²) in [5.41, 5.74) is 3.76. The fourth-order valence-electron chi connectivity index (χ4n) is 1.76. The molecule has 0 spiro atoms. The third kappa shape index (κ3) is 2.86. The minimum atomic E-state index is 0.141. The molecule has 1 atom stereocenters. The van der Waals surface area contributed by atoms with Crippen LogP contribution in [0.2, 0.25) is 0 Å². The van der Waals surface area contributed by atoms with E-state index in [0.29, 0.717) is 5.56 Å². The van der Waals surface area contributed by atoms with E-state index in [-0.39, 0.29) is 6.04 Å². The van der Waals surface area contributed by atoms with Crippen molar-refractivity contribution in [3.8, 4) is 6.07 Å². The molecule has 3 nitrogen and oxygen atoms in total. The van der Waals surface area contributed by atoms with E-state index < -0.39 is 0 Å². The number of nitrogens with zero attached hydrogens (tertiary/aromatic N) is 2. The van der Waals surface area contributed by atoms with Crippen molar-refractivity contribution in [1.29, 1.82) is 5.26 Å². The second-order valence-electron chi connectivity index (χ2n) is 4.29. The molecule has 0 radical (unpaired) electrons. The SMILES string of the molecule is Cc1ccc(NC(C)c2cccc(C#N)c2)cn1. The molecule has 0 bridgehead atoms. The first-order chi connectivity index (χ1) is 8.69. The van der Waals surface area contributed by atoms with Gasteiger partial charge in [0.25, 0.3) is 0 Å². The lowest BCUT2D eigenvalue weighted by Gasteiger charge is -2.15. The Balaban J connectivity index is 2.14. The van der Waals surface area contributed by atoms with Crippen LogP contribution in [0.3, 0.4) is 0 Å². The van der Waals surface area contributed by atoms with Gasteiger partial charge in [0.2, 0.25) is 0 Å². The number of aromatic nitrogens is 1. The first-order valence-electron chi connectivity index (χ1n) is 5.88. The summed E-state index contributed by atoms with van der Waals surface area (Å²) >= 11 is 0. The summed E-state index contributed by atoms with van der Waals surface area (Å²) in [5, 5.41) is 12.2. The normalized spacial score (nSPS) is 11.6. The number of pyridine rings is 1. The van der Waals surface area contributed by atoms with Crippen molar-refractivity contribution >= 4 is 5.69 Å². The van der Waals surface area contributed by atoms with Gasteiger partial charge in [0.15, 0.2) is 0 Å². The van der Waals surface area contributed by atoms with Crippen LogP contribution in [0.1, 0.15) is 29.8 Å². The van der Waals surface area contributed by atoms with Crippen molar-refractivity contribution < 1.29 is 0 Å². The van der Waals surface area contributed by atoms with E-state index in [1.165, 1.54) is 0 Å². The number of hydrogen-bond acceptors (Lipinski definition) is 3. The number of anilines is 1. The molecule has 0 saturated heterocycles. The average Bonchev–Trinajstić information content (AvgIpc) is 2.41. The summed E-state index contributed by atoms with van der Waals surface area (Å²) < 4.78 is 0. The zero-order valence-electron chi connectivity index (χ0n) is 10.5. The highest BCUT2D eigenvalue weighted by molar-refractivity contribution is 5.44. The minimum Gasteiger partial charge on any atom is -0.377 e. The highest BCUT2D eigenvalue weighted by Crippen LogP contribution is 2.19. The first-order valence-corrected chi connectivity index (χ1v) is 5.88. The quantitative estimate of drug-likeness (QED) is 0.889. The Kier molecular flexibility index (Phi) is 3.59. The van der Waals surface area contributed by atoms with E-state index in [9.17, 15) is 0 Å². The van der Waals surface area contributed by atoms with E-state index in [4.69, 9.17) is 5.26 Å². The minimum absolute atomic E-state index is 0.141. The Labute approximate surface area is 107 Å². The maximum absolute atomic E-state index is 8.88. The molecule has 0 amide bonds. The number of benzene rings is 1. The Bertz CT molecular complexity index is 567. The maximum Gasteiger partial charge on any atom is 0.0991 e. The van der Waals surface area contributed by atoms with Crippen molar-refractivity contribution in [3.63, 3.8) is 0 Å². The standard InChI is InChI=1S/C15H15N3/c1-11-6-7-15(10-17-11)18-12(2)14-5-3-4-13(8-14)9-16/h3-8,10,12,18H,1-2H3. The predicted octanol–water partition coefficient (Wildman–Crippen LogP) is 3.43. The van der Waals surface area contributed by atoms with Gasteiger partial charge in [0.05, 0.1) is 23.5 Å². The summed E-state index contributed by atoms with van der Waals surface area (Å²) in [4.78, 5) is 4.24. The van der Waals surface area contributed by atoms with Crippen molar-refractivity contribution in [2.24, 2.45) is 0 Å². The summed E-state index contributed by atoms with van der Waals surface area (Å²) in [6.45, 7) is 4.03. The van der Waals surface area contributed by atoms with Crippen LogP contribution in [0.5, 0.6) is 0 Å². The lowest BCUT2D eigenvalue weighted by atomic mass is 10.1. The molecule has 0 saturated carbocycles. The Morgan fingerprint density at radius 3 is 2.78 bits per heavy atom. The van der Waals surface area contributed by atoms with Gasteiger partial charge in [-0.3, -0.25) is 4.98 Å². The second kappa shape index (κ2) is 5.33. The number of aryl methyl sites for hydroxylation is 1. The topological polar surface area (TPSA) is 48.7 Å². The Morgan fingerprint density at radius 2 is 2.11 bits per heavy atom. The molecular weight excluding hydrogens is 222 g/mol. The molecule has 2 aromatic rings. The molecule has 18 heavy (non-hydrogen) atoms. The van der Waals surface area contributed by atoms with Gasteiger partial charge in [-0.2, -0.15) is 5.26 Å². The summed E-state index contributed by atoms with van der Waals surface area (Å²) in [6.07, 6.45) is 1.82. The first kappa shape index (κ1) is 12.1. The third-order valence-corrected chi connectivity index (χ3v) is 2.81. The number of rotatable bonds is 3. The predicted molar refractivity (Wildman–Crippen MR) is 72.2 cm³/mol. The van der Waals surface area contributed by atoms with Crippen LogP contribution in [0.4, 0.5) is 5.69 Å². The van der Waals surface area contributed by atoms with Gasteiger partial charge in [-0.25, -0.2) is 0 Å². The number of nitriles is 1. The molecular formula is C15H15N3. The summed E-state index contributed by atoms with van der Waals surface area (Å²) in [6, 6.07) is 13.9. The summed E-state index contributed by atoms with van der Waals surface area (Å²) in [7, 11) is 0. The molecule has 90 valence electrons.